The Bertz CT molecular complexity index is 663. The third-order valence-corrected chi connectivity index (χ3v) is 4.93. The molecule has 0 bridgehead atoms. The van der Waals surface area contributed by atoms with Gasteiger partial charge in [-0.2, -0.15) is 0 Å². The monoisotopic (exact) mass is 300 g/mol. The van der Waals surface area contributed by atoms with Gasteiger partial charge in [-0.3, -0.25) is 9.69 Å². The summed E-state index contributed by atoms with van der Waals surface area (Å²) in [6, 6.07) is 8.28. The Labute approximate surface area is 129 Å². The van der Waals surface area contributed by atoms with Crippen LogP contribution in [0.3, 0.4) is 0 Å². The minimum atomic E-state index is 0.0700. The number of fused-ring (bicyclic) bond motifs is 1. The molecule has 2 aromatic rings. The second-order valence-electron chi connectivity index (χ2n) is 5.70. The van der Waals surface area contributed by atoms with Gasteiger partial charge in [-0.1, -0.05) is 17.7 Å². The van der Waals surface area contributed by atoms with Crippen molar-refractivity contribution in [1.29, 1.82) is 0 Å². The number of carbonyl (C=O) groups is 1. The first-order valence-electron chi connectivity index (χ1n) is 7.26. The highest BCUT2D eigenvalue weighted by Gasteiger charge is 2.19. The molecule has 1 N–H and O–H groups in total. The third kappa shape index (κ3) is 3.34. The molecule has 0 spiro atoms. The summed E-state index contributed by atoms with van der Waals surface area (Å²) in [7, 11) is 0. The van der Waals surface area contributed by atoms with E-state index >= 15 is 0 Å². The van der Waals surface area contributed by atoms with Crippen molar-refractivity contribution in [2.24, 2.45) is 0 Å². The third-order valence-electron chi connectivity index (χ3n) is 3.91. The van der Waals surface area contributed by atoms with E-state index in [1.807, 2.05) is 30.4 Å². The maximum atomic E-state index is 12.2. The molecule has 1 aliphatic rings. The number of rotatable bonds is 3. The van der Waals surface area contributed by atoms with E-state index in [1.165, 1.54) is 16.0 Å². The lowest BCUT2D eigenvalue weighted by Crippen LogP contribution is -2.36. The van der Waals surface area contributed by atoms with Gasteiger partial charge in [-0.25, -0.2) is 0 Å². The van der Waals surface area contributed by atoms with Gasteiger partial charge in [-0.15, -0.1) is 11.3 Å². The highest BCUT2D eigenvalue weighted by Crippen LogP contribution is 2.24. The van der Waals surface area contributed by atoms with Crippen LogP contribution in [0, 0.1) is 13.8 Å². The van der Waals surface area contributed by atoms with Crippen molar-refractivity contribution < 1.29 is 4.79 Å². The Balaban J connectivity index is 1.60. The molecule has 0 saturated carbocycles. The zero-order valence-corrected chi connectivity index (χ0v) is 13.3. The van der Waals surface area contributed by atoms with Gasteiger partial charge >= 0.3 is 0 Å². The van der Waals surface area contributed by atoms with Crippen molar-refractivity contribution >= 4 is 22.9 Å². The lowest BCUT2D eigenvalue weighted by molar-refractivity contribution is -0.117. The van der Waals surface area contributed by atoms with Crippen molar-refractivity contribution in [3.8, 4) is 0 Å². The fraction of sp³-hybridized carbons (Fsp3) is 0.353. The van der Waals surface area contributed by atoms with E-state index in [0.717, 1.165) is 30.8 Å². The minimum Gasteiger partial charge on any atom is -0.325 e. The van der Waals surface area contributed by atoms with E-state index in [9.17, 15) is 4.79 Å². The van der Waals surface area contributed by atoms with Crippen LogP contribution in [0.4, 0.5) is 5.69 Å². The van der Waals surface area contributed by atoms with E-state index in [2.05, 4.69) is 34.7 Å². The largest absolute Gasteiger partial charge is 0.325 e. The maximum absolute atomic E-state index is 12.2. The highest BCUT2D eigenvalue weighted by molar-refractivity contribution is 7.10. The number of benzene rings is 1. The zero-order chi connectivity index (χ0) is 14.8. The van der Waals surface area contributed by atoms with E-state index < -0.39 is 0 Å². The number of carbonyl (C=O) groups excluding carboxylic acids is 1. The van der Waals surface area contributed by atoms with Crippen molar-refractivity contribution in [3.05, 3.63) is 51.2 Å². The molecular weight excluding hydrogens is 280 g/mol. The van der Waals surface area contributed by atoms with Gasteiger partial charge in [0, 0.05) is 23.7 Å². The summed E-state index contributed by atoms with van der Waals surface area (Å²) in [4.78, 5) is 15.9. The molecule has 0 fully saturated rings. The quantitative estimate of drug-likeness (QED) is 0.942. The van der Waals surface area contributed by atoms with Crippen molar-refractivity contribution in [2.75, 3.05) is 18.4 Å². The fourth-order valence-electron chi connectivity index (χ4n) is 2.79. The number of anilines is 1. The summed E-state index contributed by atoms with van der Waals surface area (Å²) in [5.74, 6) is 0.0700. The van der Waals surface area contributed by atoms with Crippen molar-refractivity contribution in [2.45, 2.75) is 26.8 Å². The van der Waals surface area contributed by atoms with E-state index in [0.29, 0.717) is 6.54 Å². The maximum Gasteiger partial charge on any atom is 0.238 e. The van der Waals surface area contributed by atoms with Gasteiger partial charge in [0.15, 0.2) is 0 Å². The van der Waals surface area contributed by atoms with E-state index in [4.69, 9.17) is 0 Å². The first-order chi connectivity index (χ1) is 10.1. The molecule has 0 radical (unpaired) electrons. The molecule has 1 amide bonds. The Morgan fingerprint density at radius 3 is 3.00 bits per heavy atom. The molecule has 1 aromatic carbocycles. The molecule has 1 aliphatic heterocycles. The summed E-state index contributed by atoms with van der Waals surface area (Å²) in [6.45, 7) is 6.40. The highest BCUT2D eigenvalue weighted by atomic mass is 32.1. The van der Waals surface area contributed by atoms with Crippen LogP contribution in [0.2, 0.25) is 0 Å². The number of nitrogens with zero attached hydrogens (tertiary/aromatic N) is 1. The summed E-state index contributed by atoms with van der Waals surface area (Å²) >= 11 is 1.82. The molecule has 0 unspecified atom stereocenters. The van der Waals surface area contributed by atoms with Crippen LogP contribution < -0.4 is 5.32 Å². The molecule has 1 aromatic heterocycles. The molecule has 0 saturated heterocycles. The first-order valence-corrected chi connectivity index (χ1v) is 8.14. The molecular formula is C17H20N2OS. The molecule has 2 heterocycles. The van der Waals surface area contributed by atoms with Crippen LogP contribution in [-0.2, 0) is 17.8 Å². The van der Waals surface area contributed by atoms with Crippen molar-refractivity contribution in [3.63, 3.8) is 0 Å². The smallest absolute Gasteiger partial charge is 0.238 e. The molecule has 4 heteroatoms. The van der Waals surface area contributed by atoms with Crippen LogP contribution in [-0.4, -0.2) is 23.9 Å². The van der Waals surface area contributed by atoms with Gasteiger partial charge < -0.3 is 5.32 Å². The summed E-state index contributed by atoms with van der Waals surface area (Å²) in [6.07, 6.45) is 1.06. The Kier molecular flexibility index (Phi) is 4.08. The Morgan fingerprint density at radius 1 is 1.33 bits per heavy atom. The number of hydrogen-bond acceptors (Lipinski definition) is 3. The second kappa shape index (κ2) is 6.00. The van der Waals surface area contributed by atoms with Crippen LogP contribution in [0.15, 0.2) is 29.6 Å². The van der Waals surface area contributed by atoms with Gasteiger partial charge in [0.05, 0.1) is 6.54 Å². The number of nitrogens with one attached hydrogen (secondary N) is 1. The molecule has 110 valence electrons. The SMILES string of the molecule is Cc1ccc(NC(=O)CN2CCc3sccc3C2)c(C)c1. The summed E-state index contributed by atoms with van der Waals surface area (Å²) < 4.78 is 0. The van der Waals surface area contributed by atoms with Gasteiger partial charge in [0.25, 0.3) is 0 Å². The first kappa shape index (κ1) is 14.3. The summed E-state index contributed by atoms with van der Waals surface area (Å²) in [5, 5.41) is 5.17. The van der Waals surface area contributed by atoms with Crippen LogP contribution in [0.5, 0.6) is 0 Å². The Hall–Kier alpha value is -1.65. The molecule has 0 atom stereocenters. The molecule has 21 heavy (non-hydrogen) atoms. The Morgan fingerprint density at radius 2 is 2.19 bits per heavy atom. The number of amides is 1. The topological polar surface area (TPSA) is 32.3 Å². The van der Waals surface area contributed by atoms with Crippen LogP contribution in [0.25, 0.3) is 0 Å². The predicted octanol–water partition coefficient (Wildman–Crippen LogP) is 3.36. The van der Waals surface area contributed by atoms with E-state index in [-0.39, 0.29) is 5.91 Å². The number of aryl methyl sites for hydroxylation is 2. The van der Waals surface area contributed by atoms with Gasteiger partial charge in [-0.05, 0) is 48.9 Å². The standard InChI is InChI=1S/C17H20N2OS/c1-12-3-4-15(13(2)9-12)18-17(20)11-19-7-5-16-14(10-19)6-8-21-16/h3-4,6,8-9H,5,7,10-11H2,1-2H3,(H,18,20). The zero-order valence-electron chi connectivity index (χ0n) is 12.5. The molecule has 3 rings (SSSR count). The van der Waals surface area contributed by atoms with Crippen LogP contribution in [0.1, 0.15) is 21.6 Å². The number of hydrogen-bond donors (Lipinski definition) is 1. The van der Waals surface area contributed by atoms with Gasteiger partial charge in [0.2, 0.25) is 5.91 Å². The second-order valence-corrected chi connectivity index (χ2v) is 6.70. The van der Waals surface area contributed by atoms with E-state index in [1.54, 1.807) is 0 Å². The lowest BCUT2D eigenvalue weighted by Gasteiger charge is -2.26. The van der Waals surface area contributed by atoms with Crippen LogP contribution >= 0.6 is 11.3 Å². The molecule has 0 aliphatic carbocycles. The lowest BCUT2D eigenvalue weighted by atomic mass is 10.1. The predicted molar refractivity (Wildman–Crippen MR) is 87.8 cm³/mol. The molecule has 3 nitrogen and oxygen atoms in total. The van der Waals surface area contributed by atoms with Gasteiger partial charge in [0.1, 0.15) is 0 Å². The normalized spacial score (nSPS) is 14.8. The average molecular weight is 300 g/mol. The summed E-state index contributed by atoms with van der Waals surface area (Å²) in [5.41, 5.74) is 4.62. The minimum absolute atomic E-state index is 0.0700. The average Bonchev–Trinajstić information content (AvgIpc) is 2.89. The number of thiophene rings is 1. The fourth-order valence-corrected chi connectivity index (χ4v) is 3.68. The van der Waals surface area contributed by atoms with Crippen molar-refractivity contribution in [1.82, 2.24) is 4.90 Å².